The van der Waals surface area contributed by atoms with Crippen LogP contribution in [0.25, 0.3) is 11.0 Å². The highest BCUT2D eigenvalue weighted by atomic mass is 32.1. The molecule has 2 heterocycles. The molecule has 4 nitrogen and oxygen atoms in total. The molecule has 96 valence electrons. The van der Waals surface area contributed by atoms with Crippen molar-refractivity contribution < 1.29 is 14.3 Å². The Morgan fingerprint density at radius 1 is 1.32 bits per heavy atom. The maximum Gasteiger partial charge on any atom is 0.371 e. The van der Waals surface area contributed by atoms with Crippen molar-refractivity contribution in [2.75, 3.05) is 5.32 Å². The molecule has 3 rings (SSSR count). The Labute approximate surface area is 113 Å². The number of hydrogen-bond acceptors (Lipinski definition) is 4. The predicted octanol–water partition coefficient (Wildman–Crippen LogP) is 3.80. The molecule has 0 saturated heterocycles. The minimum Gasteiger partial charge on any atom is -0.475 e. The van der Waals surface area contributed by atoms with E-state index in [-0.39, 0.29) is 5.76 Å². The summed E-state index contributed by atoms with van der Waals surface area (Å²) < 4.78 is 5.22. The van der Waals surface area contributed by atoms with Crippen molar-refractivity contribution in [1.82, 2.24) is 0 Å². The summed E-state index contributed by atoms with van der Waals surface area (Å²) in [6.07, 6.45) is 0. The molecule has 1 aromatic carbocycles. The number of carboxylic acid groups (broad SMARTS) is 1. The molecule has 0 aliphatic rings. The highest BCUT2D eigenvalue weighted by Gasteiger charge is 2.10. The molecular weight excluding hydrogens is 262 g/mol. The Hall–Kier alpha value is -2.27. The van der Waals surface area contributed by atoms with Crippen molar-refractivity contribution in [3.05, 3.63) is 52.4 Å². The van der Waals surface area contributed by atoms with E-state index in [9.17, 15) is 4.79 Å². The molecule has 0 unspecified atom stereocenters. The Morgan fingerprint density at radius 3 is 2.95 bits per heavy atom. The van der Waals surface area contributed by atoms with Gasteiger partial charge in [-0.2, -0.15) is 11.3 Å². The second kappa shape index (κ2) is 4.78. The van der Waals surface area contributed by atoms with Gasteiger partial charge < -0.3 is 14.8 Å². The van der Waals surface area contributed by atoms with Crippen LogP contribution in [0.1, 0.15) is 16.1 Å². The number of thiophene rings is 1. The third-order valence-electron chi connectivity index (χ3n) is 2.81. The van der Waals surface area contributed by atoms with E-state index in [1.54, 1.807) is 23.5 Å². The van der Waals surface area contributed by atoms with E-state index in [0.717, 1.165) is 16.6 Å². The van der Waals surface area contributed by atoms with Crippen LogP contribution in [0, 0.1) is 0 Å². The second-order valence-electron chi connectivity index (χ2n) is 4.15. The van der Waals surface area contributed by atoms with Gasteiger partial charge in [0.15, 0.2) is 0 Å². The average Bonchev–Trinajstić information content (AvgIpc) is 3.04. The molecule has 0 radical (unpaired) electrons. The van der Waals surface area contributed by atoms with Crippen LogP contribution in [-0.4, -0.2) is 11.1 Å². The van der Waals surface area contributed by atoms with Crippen LogP contribution in [0.15, 0.2) is 45.5 Å². The molecule has 19 heavy (non-hydrogen) atoms. The van der Waals surface area contributed by atoms with Crippen LogP contribution in [-0.2, 0) is 6.54 Å². The second-order valence-corrected chi connectivity index (χ2v) is 4.93. The first kappa shape index (κ1) is 11.8. The van der Waals surface area contributed by atoms with Gasteiger partial charge in [0.2, 0.25) is 5.76 Å². The Balaban J connectivity index is 1.82. The number of hydrogen-bond donors (Lipinski definition) is 2. The SMILES string of the molecule is O=C(O)c1cc2cc(CNc3ccsc3)ccc2o1. The predicted molar refractivity (Wildman–Crippen MR) is 74.8 cm³/mol. The zero-order valence-corrected chi connectivity index (χ0v) is 10.7. The van der Waals surface area contributed by atoms with Crippen molar-refractivity contribution in [1.29, 1.82) is 0 Å². The van der Waals surface area contributed by atoms with Crippen LogP contribution < -0.4 is 5.32 Å². The zero-order valence-electron chi connectivity index (χ0n) is 9.92. The van der Waals surface area contributed by atoms with Gasteiger partial charge in [0.1, 0.15) is 5.58 Å². The third-order valence-corrected chi connectivity index (χ3v) is 3.49. The van der Waals surface area contributed by atoms with Crippen LogP contribution in [0.4, 0.5) is 5.69 Å². The van der Waals surface area contributed by atoms with E-state index in [1.165, 1.54) is 0 Å². The van der Waals surface area contributed by atoms with E-state index < -0.39 is 5.97 Å². The fourth-order valence-corrected chi connectivity index (χ4v) is 2.49. The molecule has 0 atom stereocenters. The van der Waals surface area contributed by atoms with Crippen molar-refractivity contribution in [3.8, 4) is 0 Å². The first-order valence-corrected chi connectivity index (χ1v) is 6.68. The van der Waals surface area contributed by atoms with Gasteiger partial charge in [0, 0.05) is 23.0 Å². The summed E-state index contributed by atoms with van der Waals surface area (Å²) in [4.78, 5) is 10.8. The maximum absolute atomic E-state index is 10.8. The monoisotopic (exact) mass is 273 g/mol. The standard InChI is InChI=1S/C14H11NO3S/c16-14(17)13-6-10-5-9(1-2-12(10)18-13)7-15-11-3-4-19-8-11/h1-6,8,15H,7H2,(H,16,17). The van der Waals surface area contributed by atoms with Gasteiger partial charge >= 0.3 is 5.97 Å². The molecule has 0 fully saturated rings. The van der Waals surface area contributed by atoms with E-state index in [2.05, 4.69) is 5.32 Å². The summed E-state index contributed by atoms with van der Waals surface area (Å²) >= 11 is 1.64. The van der Waals surface area contributed by atoms with Crippen LogP contribution in [0.5, 0.6) is 0 Å². The van der Waals surface area contributed by atoms with Gasteiger partial charge in [-0.1, -0.05) is 6.07 Å². The fourth-order valence-electron chi connectivity index (χ4n) is 1.88. The minimum atomic E-state index is -1.05. The topological polar surface area (TPSA) is 62.5 Å². The molecule has 0 aliphatic carbocycles. The number of rotatable bonds is 4. The number of furan rings is 1. The third kappa shape index (κ3) is 2.46. The number of fused-ring (bicyclic) bond motifs is 1. The molecule has 0 spiro atoms. The molecule has 5 heteroatoms. The summed E-state index contributed by atoms with van der Waals surface area (Å²) in [6.45, 7) is 0.695. The lowest BCUT2D eigenvalue weighted by Gasteiger charge is -2.03. The summed E-state index contributed by atoms with van der Waals surface area (Å²) in [6, 6.07) is 9.23. The summed E-state index contributed by atoms with van der Waals surface area (Å²) in [7, 11) is 0. The summed E-state index contributed by atoms with van der Waals surface area (Å²) in [5, 5.41) is 17.0. The number of carbonyl (C=O) groups is 1. The summed E-state index contributed by atoms with van der Waals surface area (Å²) in [5.41, 5.74) is 2.76. The lowest BCUT2D eigenvalue weighted by atomic mass is 10.1. The molecule has 2 N–H and O–H groups in total. The molecule has 0 amide bonds. The lowest BCUT2D eigenvalue weighted by Crippen LogP contribution is -1.97. The normalized spacial score (nSPS) is 10.7. The Kier molecular flexibility index (Phi) is 2.97. The van der Waals surface area contributed by atoms with E-state index in [0.29, 0.717) is 12.1 Å². The molecule has 0 aliphatic heterocycles. The van der Waals surface area contributed by atoms with Crippen LogP contribution in [0.3, 0.4) is 0 Å². The smallest absolute Gasteiger partial charge is 0.371 e. The first-order valence-electron chi connectivity index (χ1n) is 5.74. The zero-order chi connectivity index (χ0) is 13.2. The van der Waals surface area contributed by atoms with Gasteiger partial charge in [-0.05, 0) is 35.2 Å². The van der Waals surface area contributed by atoms with Crippen LogP contribution >= 0.6 is 11.3 Å². The van der Waals surface area contributed by atoms with Crippen LogP contribution in [0.2, 0.25) is 0 Å². The van der Waals surface area contributed by atoms with Gasteiger partial charge in [-0.15, -0.1) is 0 Å². The molecule has 0 bridgehead atoms. The van der Waals surface area contributed by atoms with E-state index in [4.69, 9.17) is 9.52 Å². The number of benzene rings is 1. The summed E-state index contributed by atoms with van der Waals surface area (Å²) in [5.74, 6) is -1.08. The molecule has 2 aromatic heterocycles. The van der Waals surface area contributed by atoms with Gasteiger partial charge in [0.25, 0.3) is 0 Å². The lowest BCUT2D eigenvalue weighted by molar-refractivity contribution is 0.0665. The quantitative estimate of drug-likeness (QED) is 0.759. The van der Waals surface area contributed by atoms with Crippen molar-refractivity contribution in [3.63, 3.8) is 0 Å². The highest BCUT2D eigenvalue weighted by molar-refractivity contribution is 7.08. The number of carboxylic acids is 1. The number of nitrogens with one attached hydrogen (secondary N) is 1. The number of aromatic carboxylic acids is 1. The van der Waals surface area contributed by atoms with Gasteiger partial charge in [-0.3, -0.25) is 0 Å². The van der Waals surface area contributed by atoms with Gasteiger partial charge in [-0.25, -0.2) is 4.79 Å². The van der Waals surface area contributed by atoms with Gasteiger partial charge in [0.05, 0.1) is 0 Å². The molecule has 0 saturated carbocycles. The van der Waals surface area contributed by atoms with Crippen molar-refractivity contribution in [2.24, 2.45) is 0 Å². The number of anilines is 1. The largest absolute Gasteiger partial charge is 0.475 e. The van der Waals surface area contributed by atoms with E-state index >= 15 is 0 Å². The maximum atomic E-state index is 10.8. The Morgan fingerprint density at radius 2 is 2.21 bits per heavy atom. The molecule has 3 aromatic rings. The molecular formula is C14H11NO3S. The van der Waals surface area contributed by atoms with Crippen molar-refractivity contribution >= 4 is 34.0 Å². The highest BCUT2D eigenvalue weighted by Crippen LogP contribution is 2.21. The van der Waals surface area contributed by atoms with E-state index in [1.807, 2.05) is 29.0 Å². The first-order chi connectivity index (χ1) is 9.22. The Bertz CT molecular complexity index is 715. The van der Waals surface area contributed by atoms with Crippen molar-refractivity contribution in [2.45, 2.75) is 6.54 Å². The minimum absolute atomic E-state index is 0.0297. The average molecular weight is 273 g/mol. The fraction of sp³-hybridized carbons (Fsp3) is 0.0714.